The van der Waals surface area contributed by atoms with E-state index in [9.17, 15) is 24.2 Å². The lowest BCUT2D eigenvalue weighted by Gasteiger charge is -2.19. The first-order valence-electron chi connectivity index (χ1n) is 17.2. The molecule has 0 amide bonds. The van der Waals surface area contributed by atoms with Crippen LogP contribution in [-0.2, 0) is 4.79 Å². The van der Waals surface area contributed by atoms with Crippen molar-refractivity contribution >= 4 is 23.8 Å². The molecule has 6 rings (SSSR count). The second-order valence-electron chi connectivity index (χ2n) is 13.6. The summed E-state index contributed by atoms with van der Waals surface area (Å²) in [6.45, 7) is 3.79. The molecule has 11 nitrogen and oxygen atoms in total. The molecule has 2 fully saturated rings. The first kappa shape index (κ1) is 34.9. The quantitative estimate of drug-likeness (QED) is 0.109. The average molecular weight is 683 g/mol. The van der Waals surface area contributed by atoms with Crippen molar-refractivity contribution in [1.29, 1.82) is 0 Å². The summed E-state index contributed by atoms with van der Waals surface area (Å²) < 4.78 is 15.5. The Balaban J connectivity index is 1.21. The minimum Gasteiger partial charge on any atom is -0.481 e. The summed E-state index contributed by atoms with van der Waals surface area (Å²) in [6, 6.07) is 10.1. The SMILES string of the molecule is CC(C)c1c(/C=C/[C@@H](O)C[C@@H](O)CC(=O)O)c(-c2ccc(F)cc2)cn(-c2ccc(N[C@H]3CC[C@H](Nc4ncc(C5CC5)cn4)C3)nc2)c1=O. The first-order chi connectivity index (χ1) is 24.0. The highest BCUT2D eigenvalue weighted by Crippen LogP contribution is 2.39. The number of aliphatic hydroxyl groups is 2. The Labute approximate surface area is 290 Å². The van der Waals surface area contributed by atoms with Crippen LogP contribution in [0.5, 0.6) is 0 Å². The molecule has 3 aromatic heterocycles. The number of aliphatic carboxylic acids is 1. The molecule has 12 heteroatoms. The largest absolute Gasteiger partial charge is 0.481 e. The highest BCUT2D eigenvalue weighted by molar-refractivity contribution is 5.77. The van der Waals surface area contributed by atoms with Gasteiger partial charge in [0.15, 0.2) is 0 Å². The van der Waals surface area contributed by atoms with Gasteiger partial charge in [-0.25, -0.2) is 19.3 Å². The topological polar surface area (TPSA) is 162 Å². The Hall–Kier alpha value is -4.94. The van der Waals surface area contributed by atoms with Crippen molar-refractivity contribution in [1.82, 2.24) is 19.5 Å². The lowest BCUT2D eigenvalue weighted by molar-refractivity contribution is -0.139. The number of hydrogen-bond acceptors (Lipinski definition) is 9. The molecule has 0 radical (unpaired) electrons. The Morgan fingerprint density at radius 1 is 0.980 bits per heavy atom. The van der Waals surface area contributed by atoms with Gasteiger partial charge in [0, 0.05) is 48.2 Å². The van der Waals surface area contributed by atoms with E-state index in [0.717, 1.165) is 19.3 Å². The number of rotatable bonds is 14. The molecule has 0 saturated heterocycles. The molecule has 2 aliphatic rings. The Morgan fingerprint density at radius 3 is 2.30 bits per heavy atom. The Morgan fingerprint density at radius 2 is 1.68 bits per heavy atom. The molecular weight excluding hydrogens is 639 g/mol. The third-order valence-electron chi connectivity index (χ3n) is 9.29. The maximum Gasteiger partial charge on any atom is 0.305 e. The maximum absolute atomic E-state index is 14.1. The van der Waals surface area contributed by atoms with Crippen LogP contribution < -0.4 is 16.2 Å². The van der Waals surface area contributed by atoms with E-state index in [1.807, 2.05) is 38.4 Å². The van der Waals surface area contributed by atoms with Crippen molar-refractivity contribution in [3.63, 3.8) is 0 Å². The van der Waals surface area contributed by atoms with Gasteiger partial charge in [-0.05, 0) is 84.9 Å². The Kier molecular flexibility index (Phi) is 10.7. The van der Waals surface area contributed by atoms with E-state index in [1.54, 1.807) is 30.6 Å². The summed E-state index contributed by atoms with van der Waals surface area (Å²) in [5.41, 5.74) is 3.78. The zero-order chi connectivity index (χ0) is 35.4. The monoisotopic (exact) mass is 682 g/mol. The second-order valence-corrected chi connectivity index (χ2v) is 13.6. The highest BCUT2D eigenvalue weighted by atomic mass is 19.1. The lowest BCUT2D eigenvalue weighted by Crippen LogP contribution is -2.25. The van der Waals surface area contributed by atoms with Crippen molar-refractivity contribution in [2.24, 2.45) is 0 Å². The van der Waals surface area contributed by atoms with Crippen molar-refractivity contribution in [2.45, 2.75) is 94.9 Å². The zero-order valence-electron chi connectivity index (χ0n) is 28.2. The lowest BCUT2D eigenvalue weighted by atomic mass is 9.91. The number of nitrogens with one attached hydrogen (secondary N) is 2. The number of halogens is 1. The van der Waals surface area contributed by atoms with E-state index in [4.69, 9.17) is 5.11 Å². The molecule has 0 spiro atoms. The van der Waals surface area contributed by atoms with E-state index in [-0.39, 0.29) is 30.0 Å². The predicted molar refractivity (Wildman–Crippen MR) is 190 cm³/mol. The smallest absolute Gasteiger partial charge is 0.305 e. The van der Waals surface area contributed by atoms with Crippen molar-refractivity contribution in [2.75, 3.05) is 10.6 Å². The molecule has 3 heterocycles. The molecule has 262 valence electrons. The molecule has 5 N–H and O–H groups in total. The number of aliphatic hydroxyl groups excluding tert-OH is 2. The summed E-state index contributed by atoms with van der Waals surface area (Å²) in [5.74, 6) is 0.163. The number of aromatic nitrogens is 4. The van der Waals surface area contributed by atoms with Gasteiger partial charge in [-0.2, -0.15) is 0 Å². The fourth-order valence-electron chi connectivity index (χ4n) is 6.58. The van der Waals surface area contributed by atoms with Crippen molar-refractivity contribution < 1.29 is 24.5 Å². The molecule has 4 aromatic rings. The standard InChI is InChI=1S/C38H43FN6O5/c1-22(2)36-32(13-12-30(46)16-31(47)17-35(48)49)33(24-5-7-26(39)8-6-24)21-45(37(36)50)29-11-14-34(40-20-29)43-27-9-10-28(15-27)44-38-41-18-25(19-42-38)23-3-4-23/h5-8,11-14,18-23,27-28,30-31,46-47H,3-4,9-10,15-17H2,1-2H3,(H,40,43)(H,48,49)(H,41,42,44)/b13-12+/t27-,28-,30+,31+/m0/s1. The number of carboxylic acids is 1. The molecule has 0 aliphatic heterocycles. The van der Waals surface area contributed by atoms with Crippen molar-refractivity contribution in [3.05, 3.63) is 100 Å². The number of nitrogens with zero attached hydrogens (tertiary/aromatic N) is 4. The summed E-state index contributed by atoms with van der Waals surface area (Å²) in [6.07, 6.45) is 12.4. The highest BCUT2D eigenvalue weighted by Gasteiger charge is 2.27. The molecule has 50 heavy (non-hydrogen) atoms. The number of anilines is 2. The summed E-state index contributed by atoms with van der Waals surface area (Å²) in [7, 11) is 0. The van der Waals surface area contributed by atoms with E-state index >= 15 is 0 Å². The van der Waals surface area contributed by atoms with Crippen LogP contribution in [0.1, 0.15) is 87.3 Å². The zero-order valence-corrected chi connectivity index (χ0v) is 28.2. The van der Waals surface area contributed by atoms with E-state index < -0.39 is 30.4 Å². The van der Waals surface area contributed by atoms with Gasteiger partial charge in [-0.15, -0.1) is 0 Å². The van der Waals surface area contributed by atoms with Gasteiger partial charge >= 0.3 is 5.97 Å². The van der Waals surface area contributed by atoms with Crippen LogP contribution >= 0.6 is 0 Å². The number of hydrogen-bond donors (Lipinski definition) is 5. The molecule has 2 saturated carbocycles. The molecule has 0 unspecified atom stereocenters. The van der Waals surface area contributed by atoms with Gasteiger partial charge in [0.05, 0.1) is 30.5 Å². The third-order valence-corrected chi connectivity index (χ3v) is 9.29. The van der Waals surface area contributed by atoms with Crippen LogP contribution in [0.2, 0.25) is 0 Å². The second kappa shape index (κ2) is 15.3. The van der Waals surface area contributed by atoms with Gasteiger partial charge in [-0.1, -0.05) is 38.1 Å². The summed E-state index contributed by atoms with van der Waals surface area (Å²) >= 11 is 0. The number of carboxylic acid groups (broad SMARTS) is 1. The fourth-order valence-corrected chi connectivity index (χ4v) is 6.58. The van der Waals surface area contributed by atoms with Gasteiger partial charge in [0.2, 0.25) is 5.95 Å². The molecule has 2 aliphatic carbocycles. The number of carbonyl (C=O) groups is 1. The molecule has 0 bridgehead atoms. The van der Waals surface area contributed by atoms with Gasteiger partial charge in [0.1, 0.15) is 11.6 Å². The molecular formula is C38H43FN6O5. The van der Waals surface area contributed by atoms with E-state index in [0.29, 0.717) is 45.6 Å². The summed E-state index contributed by atoms with van der Waals surface area (Å²) in [4.78, 5) is 38.7. The first-order valence-corrected chi connectivity index (χ1v) is 17.2. The van der Waals surface area contributed by atoms with E-state index in [1.165, 1.54) is 41.2 Å². The van der Waals surface area contributed by atoms with E-state index in [2.05, 4.69) is 25.6 Å². The van der Waals surface area contributed by atoms with Crippen LogP contribution in [0.25, 0.3) is 22.9 Å². The van der Waals surface area contributed by atoms with Crippen LogP contribution in [0.15, 0.2) is 72.1 Å². The van der Waals surface area contributed by atoms with Crippen LogP contribution in [0.3, 0.4) is 0 Å². The van der Waals surface area contributed by atoms with Crippen LogP contribution in [-0.4, -0.2) is 65.1 Å². The molecule has 1 aromatic carbocycles. The number of pyridine rings is 2. The minimum atomic E-state index is -1.23. The number of benzene rings is 1. The Bertz CT molecular complexity index is 1870. The fraction of sp³-hybridized carbons (Fsp3) is 0.395. The minimum absolute atomic E-state index is 0.185. The van der Waals surface area contributed by atoms with Crippen molar-refractivity contribution in [3.8, 4) is 16.8 Å². The van der Waals surface area contributed by atoms with Gasteiger partial charge in [0.25, 0.3) is 5.56 Å². The van der Waals surface area contributed by atoms with Crippen LogP contribution in [0.4, 0.5) is 16.2 Å². The van der Waals surface area contributed by atoms with Gasteiger partial charge in [-0.3, -0.25) is 14.2 Å². The predicted octanol–water partition coefficient (Wildman–Crippen LogP) is 5.87. The summed E-state index contributed by atoms with van der Waals surface area (Å²) in [5, 5.41) is 36.5. The van der Waals surface area contributed by atoms with Crippen LogP contribution in [0, 0.1) is 5.82 Å². The maximum atomic E-state index is 14.1. The van der Waals surface area contributed by atoms with Gasteiger partial charge < -0.3 is 26.0 Å². The third kappa shape index (κ3) is 8.61. The average Bonchev–Trinajstić information content (AvgIpc) is 3.84. The normalized spacial score (nSPS) is 18.8. The molecule has 4 atom stereocenters.